The second-order valence-corrected chi connectivity index (χ2v) is 9.50. The number of nitrogens with zero attached hydrogens (tertiary/aromatic N) is 6. The molecule has 0 saturated carbocycles. The molecule has 11 heteroatoms. The van der Waals surface area contributed by atoms with Gasteiger partial charge in [-0.05, 0) is 81.8 Å². The molecule has 3 heterocycles. The minimum atomic E-state index is -0.307. The third kappa shape index (κ3) is 5.60. The number of methoxy groups -OCH3 is 2. The van der Waals surface area contributed by atoms with E-state index in [-0.39, 0.29) is 5.91 Å². The summed E-state index contributed by atoms with van der Waals surface area (Å²) in [7, 11) is 4.89. The van der Waals surface area contributed by atoms with Crippen molar-refractivity contribution >= 4 is 11.6 Å². The van der Waals surface area contributed by atoms with E-state index in [1.165, 1.54) is 4.68 Å². The minimum Gasteiger partial charge on any atom is -0.497 e. The lowest BCUT2D eigenvalue weighted by atomic mass is 10.1. The van der Waals surface area contributed by atoms with Gasteiger partial charge in [0.1, 0.15) is 28.8 Å². The maximum atomic E-state index is 13.1. The van der Waals surface area contributed by atoms with Gasteiger partial charge in [-0.2, -0.15) is 15.2 Å². The topological polar surface area (TPSA) is 118 Å². The Balaban J connectivity index is 1.31. The smallest absolute Gasteiger partial charge is 0.273 e. The molecule has 0 radical (unpaired) electrons. The lowest BCUT2D eigenvalue weighted by molar-refractivity contribution is 0.101. The summed E-state index contributed by atoms with van der Waals surface area (Å²) in [5, 5.41) is 12.0. The molecule has 0 unspecified atom stereocenters. The first-order valence-corrected chi connectivity index (χ1v) is 12.9. The Bertz CT molecular complexity index is 1740. The second-order valence-electron chi connectivity index (χ2n) is 9.50. The molecule has 5 aromatic rings. The zero-order valence-corrected chi connectivity index (χ0v) is 24.0. The van der Waals surface area contributed by atoms with Gasteiger partial charge in [-0.1, -0.05) is 0 Å². The number of amides is 1. The van der Waals surface area contributed by atoms with Gasteiger partial charge in [-0.3, -0.25) is 9.48 Å². The first kappa shape index (κ1) is 27.4. The van der Waals surface area contributed by atoms with Gasteiger partial charge in [0.25, 0.3) is 5.91 Å². The molecule has 0 aliphatic heterocycles. The molecule has 1 N–H and O–H groups in total. The first-order valence-electron chi connectivity index (χ1n) is 12.9. The molecule has 0 atom stereocenters. The SMILES string of the molecule is COc1ccc(OC)c(-c2cc(C(=O)Nc3ccc(Oc4cc(-n5nc(C)c(C)c5C)nc(C)n4)cc3)n(C)n2)c1. The van der Waals surface area contributed by atoms with Gasteiger partial charge in [0, 0.05) is 30.1 Å². The van der Waals surface area contributed by atoms with Gasteiger partial charge in [0.2, 0.25) is 5.88 Å². The van der Waals surface area contributed by atoms with Crippen LogP contribution in [0.2, 0.25) is 0 Å². The monoisotopic (exact) mass is 553 g/mol. The number of hydrogen-bond donors (Lipinski definition) is 1. The average molecular weight is 554 g/mol. The number of carbonyl (C=O) groups is 1. The highest BCUT2D eigenvalue weighted by molar-refractivity contribution is 6.03. The van der Waals surface area contributed by atoms with Crippen molar-refractivity contribution in [2.45, 2.75) is 27.7 Å². The molecular weight excluding hydrogens is 522 g/mol. The zero-order valence-electron chi connectivity index (χ0n) is 24.0. The molecule has 210 valence electrons. The molecule has 0 bridgehead atoms. The maximum Gasteiger partial charge on any atom is 0.273 e. The van der Waals surface area contributed by atoms with Gasteiger partial charge in [0.05, 0.1) is 25.6 Å². The highest BCUT2D eigenvalue weighted by atomic mass is 16.5. The van der Waals surface area contributed by atoms with Crippen molar-refractivity contribution < 1.29 is 19.0 Å². The predicted molar refractivity (Wildman–Crippen MR) is 154 cm³/mol. The summed E-state index contributed by atoms with van der Waals surface area (Å²) in [5.41, 5.74) is 5.36. The molecule has 1 amide bonds. The predicted octanol–water partition coefficient (Wildman–Crippen LogP) is 5.36. The van der Waals surface area contributed by atoms with Gasteiger partial charge < -0.3 is 19.5 Å². The van der Waals surface area contributed by atoms with Crippen molar-refractivity contribution in [2.75, 3.05) is 19.5 Å². The normalized spacial score (nSPS) is 10.9. The molecule has 5 rings (SSSR count). The Labute approximate surface area is 237 Å². The van der Waals surface area contributed by atoms with Crippen LogP contribution in [-0.4, -0.2) is 49.7 Å². The molecule has 0 aliphatic carbocycles. The third-order valence-corrected chi connectivity index (χ3v) is 6.80. The Hall–Kier alpha value is -5.19. The molecular formula is C30H31N7O4. The first-order chi connectivity index (χ1) is 19.7. The van der Waals surface area contributed by atoms with Crippen LogP contribution in [0.25, 0.3) is 17.1 Å². The zero-order chi connectivity index (χ0) is 29.3. The van der Waals surface area contributed by atoms with Crippen LogP contribution >= 0.6 is 0 Å². The van der Waals surface area contributed by atoms with E-state index in [0.717, 1.165) is 22.5 Å². The number of anilines is 1. The second kappa shape index (κ2) is 11.1. The molecule has 0 aliphatic rings. The lowest BCUT2D eigenvalue weighted by Gasteiger charge is -2.10. The van der Waals surface area contributed by atoms with E-state index < -0.39 is 0 Å². The minimum absolute atomic E-state index is 0.307. The van der Waals surface area contributed by atoms with E-state index in [1.807, 2.05) is 33.8 Å². The average Bonchev–Trinajstić information content (AvgIpc) is 3.48. The summed E-state index contributed by atoms with van der Waals surface area (Å²) >= 11 is 0. The van der Waals surface area contributed by atoms with Crippen LogP contribution in [0.15, 0.2) is 54.6 Å². The lowest BCUT2D eigenvalue weighted by Crippen LogP contribution is -2.15. The van der Waals surface area contributed by atoms with Crippen LogP contribution in [-0.2, 0) is 7.05 Å². The van der Waals surface area contributed by atoms with Gasteiger partial charge in [-0.15, -0.1) is 0 Å². The number of aryl methyl sites for hydroxylation is 3. The van der Waals surface area contributed by atoms with Crippen molar-refractivity contribution in [3.63, 3.8) is 0 Å². The number of benzene rings is 2. The van der Waals surface area contributed by atoms with Gasteiger partial charge in [0.15, 0.2) is 5.82 Å². The van der Waals surface area contributed by atoms with Gasteiger partial charge in [-0.25, -0.2) is 9.67 Å². The molecule has 3 aromatic heterocycles. The molecule has 11 nitrogen and oxygen atoms in total. The fourth-order valence-corrected chi connectivity index (χ4v) is 4.38. The molecule has 41 heavy (non-hydrogen) atoms. The van der Waals surface area contributed by atoms with Crippen LogP contribution < -0.4 is 19.5 Å². The molecule has 0 saturated heterocycles. The summed E-state index contributed by atoms with van der Waals surface area (Å²) in [6, 6.07) is 15.9. The van der Waals surface area contributed by atoms with E-state index in [4.69, 9.17) is 14.2 Å². The fourth-order valence-electron chi connectivity index (χ4n) is 4.38. The van der Waals surface area contributed by atoms with E-state index in [9.17, 15) is 4.79 Å². The highest BCUT2D eigenvalue weighted by Crippen LogP contribution is 2.33. The summed E-state index contributed by atoms with van der Waals surface area (Å²) in [6.07, 6.45) is 0. The summed E-state index contributed by atoms with van der Waals surface area (Å²) < 4.78 is 20.1. The molecule has 0 spiro atoms. The Morgan fingerprint density at radius 3 is 2.24 bits per heavy atom. The number of rotatable bonds is 8. The Morgan fingerprint density at radius 2 is 1.59 bits per heavy atom. The Morgan fingerprint density at radius 1 is 0.854 bits per heavy atom. The number of nitrogens with one attached hydrogen (secondary N) is 1. The van der Waals surface area contributed by atoms with Crippen molar-refractivity contribution in [1.82, 2.24) is 29.5 Å². The summed E-state index contributed by atoms with van der Waals surface area (Å²) in [4.78, 5) is 22.0. The van der Waals surface area contributed by atoms with Crippen molar-refractivity contribution in [3.05, 3.63) is 83.1 Å². The third-order valence-electron chi connectivity index (χ3n) is 6.80. The van der Waals surface area contributed by atoms with E-state index in [0.29, 0.717) is 51.8 Å². The van der Waals surface area contributed by atoms with Crippen molar-refractivity contribution in [2.24, 2.45) is 7.05 Å². The van der Waals surface area contributed by atoms with E-state index >= 15 is 0 Å². The van der Waals surface area contributed by atoms with Gasteiger partial charge >= 0.3 is 0 Å². The number of carbonyl (C=O) groups excluding carboxylic acids is 1. The van der Waals surface area contributed by atoms with E-state index in [1.54, 1.807) is 74.5 Å². The van der Waals surface area contributed by atoms with E-state index in [2.05, 4.69) is 25.5 Å². The molecule has 2 aromatic carbocycles. The standard InChI is InChI=1S/C30H31N7O4/c1-17-18(2)34-37(19(17)3)28-16-29(32-20(4)31-28)41-22-10-8-21(9-11-22)33-30(38)26-15-25(35-36(26)5)24-14-23(39-6)12-13-27(24)40-7/h8-16H,1-7H3,(H,33,38). The quantitative estimate of drug-likeness (QED) is 0.273. The fraction of sp³-hybridized carbons (Fsp3) is 0.233. The van der Waals surface area contributed by atoms with Crippen LogP contribution in [0.1, 0.15) is 33.3 Å². The summed E-state index contributed by atoms with van der Waals surface area (Å²) in [6.45, 7) is 7.81. The van der Waals surface area contributed by atoms with Crippen molar-refractivity contribution in [3.8, 4) is 40.2 Å². The number of hydrogen-bond acceptors (Lipinski definition) is 8. The Kier molecular flexibility index (Phi) is 7.43. The van der Waals surface area contributed by atoms with Crippen LogP contribution in [0.5, 0.6) is 23.1 Å². The number of ether oxygens (including phenoxy) is 3. The largest absolute Gasteiger partial charge is 0.497 e. The molecule has 0 fully saturated rings. The highest BCUT2D eigenvalue weighted by Gasteiger charge is 2.18. The van der Waals surface area contributed by atoms with Crippen LogP contribution in [0.4, 0.5) is 5.69 Å². The van der Waals surface area contributed by atoms with Crippen LogP contribution in [0, 0.1) is 27.7 Å². The summed E-state index contributed by atoms with van der Waals surface area (Å²) in [5.74, 6) is 3.13. The van der Waals surface area contributed by atoms with Crippen molar-refractivity contribution in [1.29, 1.82) is 0 Å². The maximum absolute atomic E-state index is 13.1. The number of aromatic nitrogens is 6. The van der Waals surface area contributed by atoms with Crippen LogP contribution in [0.3, 0.4) is 0 Å².